The first-order valence-electron chi connectivity index (χ1n) is 6.78. The highest BCUT2D eigenvalue weighted by molar-refractivity contribution is 7.89. The van der Waals surface area contributed by atoms with Gasteiger partial charge < -0.3 is 10.6 Å². The van der Waals surface area contributed by atoms with E-state index >= 15 is 0 Å². The normalized spacial score (nSPS) is 13.9. The highest BCUT2D eigenvalue weighted by Crippen LogP contribution is 2.19. The van der Waals surface area contributed by atoms with Gasteiger partial charge in [-0.2, -0.15) is 4.31 Å². The summed E-state index contributed by atoms with van der Waals surface area (Å²) in [5.41, 5.74) is 6.46. The molecule has 1 aromatic rings. The SMILES string of the molecule is CCN(C(C)CN(C)C)S(=O)(=O)c1ccc(CN)cc1. The van der Waals surface area contributed by atoms with Gasteiger partial charge in [-0.1, -0.05) is 19.1 Å². The molecule has 0 aliphatic carbocycles. The maximum Gasteiger partial charge on any atom is 0.243 e. The van der Waals surface area contributed by atoms with Crippen molar-refractivity contribution in [1.29, 1.82) is 0 Å². The van der Waals surface area contributed by atoms with Crippen molar-refractivity contribution in [3.63, 3.8) is 0 Å². The molecule has 0 bridgehead atoms. The van der Waals surface area contributed by atoms with Crippen LogP contribution in [0, 0.1) is 0 Å². The van der Waals surface area contributed by atoms with Gasteiger partial charge in [-0.3, -0.25) is 0 Å². The standard InChI is InChI=1S/C14H25N3O2S/c1-5-17(12(2)11-16(3)4)20(18,19)14-8-6-13(10-15)7-9-14/h6-9,12H,5,10-11,15H2,1-4H3. The highest BCUT2D eigenvalue weighted by atomic mass is 32.2. The molecule has 0 spiro atoms. The van der Waals surface area contributed by atoms with E-state index in [1.807, 2.05) is 32.8 Å². The molecule has 0 radical (unpaired) electrons. The lowest BCUT2D eigenvalue weighted by Gasteiger charge is -2.29. The van der Waals surface area contributed by atoms with Gasteiger partial charge in [0.1, 0.15) is 0 Å². The summed E-state index contributed by atoms with van der Waals surface area (Å²) in [5.74, 6) is 0. The lowest BCUT2D eigenvalue weighted by Crippen LogP contribution is -2.43. The summed E-state index contributed by atoms with van der Waals surface area (Å²) >= 11 is 0. The fourth-order valence-corrected chi connectivity index (χ4v) is 3.90. The van der Waals surface area contributed by atoms with E-state index in [1.165, 1.54) is 4.31 Å². The van der Waals surface area contributed by atoms with Crippen LogP contribution in [0.15, 0.2) is 29.2 Å². The minimum Gasteiger partial charge on any atom is -0.326 e. The number of sulfonamides is 1. The molecular formula is C14H25N3O2S. The molecule has 2 N–H and O–H groups in total. The van der Waals surface area contributed by atoms with Crippen molar-refractivity contribution >= 4 is 10.0 Å². The van der Waals surface area contributed by atoms with Gasteiger partial charge in [0.15, 0.2) is 0 Å². The smallest absolute Gasteiger partial charge is 0.243 e. The molecule has 0 amide bonds. The van der Waals surface area contributed by atoms with Crippen LogP contribution in [0.25, 0.3) is 0 Å². The predicted octanol–water partition coefficient (Wildman–Crippen LogP) is 1.11. The minimum absolute atomic E-state index is 0.0748. The van der Waals surface area contributed by atoms with Crippen LogP contribution in [0.4, 0.5) is 0 Å². The molecule has 0 heterocycles. The van der Waals surface area contributed by atoms with E-state index in [-0.39, 0.29) is 6.04 Å². The van der Waals surface area contributed by atoms with Crippen molar-refractivity contribution in [3.8, 4) is 0 Å². The van der Waals surface area contributed by atoms with Crippen LogP contribution in [0.5, 0.6) is 0 Å². The van der Waals surface area contributed by atoms with Gasteiger partial charge in [-0.15, -0.1) is 0 Å². The maximum atomic E-state index is 12.7. The maximum absolute atomic E-state index is 12.7. The van der Waals surface area contributed by atoms with Crippen molar-refractivity contribution in [3.05, 3.63) is 29.8 Å². The number of likely N-dealkylation sites (N-methyl/N-ethyl adjacent to an activating group) is 2. The first-order chi connectivity index (χ1) is 9.32. The Morgan fingerprint density at radius 1 is 1.20 bits per heavy atom. The quantitative estimate of drug-likeness (QED) is 0.819. The van der Waals surface area contributed by atoms with Crippen LogP contribution in [-0.4, -0.2) is 50.8 Å². The molecule has 1 unspecified atom stereocenters. The molecule has 0 fully saturated rings. The largest absolute Gasteiger partial charge is 0.326 e. The monoisotopic (exact) mass is 299 g/mol. The van der Waals surface area contributed by atoms with E-state index in [4.69, 9.17) is 5.73 Å². The Hall–Kier alpha value is -0.950. The Morgan fingerprint density at radius 3 is 2.15 bits per heavy atom. The number of nitrogens with two attached hydrogens (primary N) is 1. The molecule has 0 aliphatic rings. The zero-order valence-electron chi connectivity index (χ0n) is 12.7. The fourth-order valence-electron chi connectivity index (χ4n) is 2.27. The van der Waals surface area contributed by atoms with Crippen LogP contribution < -0.4 is 5.73 Å². The van der Waals surface area contributed by atoms with E-state index in [2.05, 4.69) is 0 Å². The van der Waals surface area contributed by atoms with Crippen molar-refractivity contribution in [2.75, 3.05) is 27.2 Å². The molecule has 1 aromatic carbocycles. The number of hydrogen-bond acceptors (Lipinski definition) is 4. The Kier molecular flexibility index (Phi) is 6.13. The van der Waals surface area contributed by atoms with Crippen molar-refractivity contribution in [1.82, 2.24) is 9.21 Å². The van der Waals surface area contributed by atoms with E-state index in [9.17, 15) is 8.42 Å². The number of nitrogens with zero attached hydrogens (tertiary/aromatic N) is 2. The second-order valence-corrected chi connectivity index (χ2v) is 7.06. The third-order valence-corrected chi connectivity index (χ3v) is 5.30. The van der Waals surface area contributed by atoms with Crippen molar-refractivity contribution in [2.24, 2.45) is 5.73 Å². The van der Waals surface area contributed by atoms with Gasteiger partial charge in [-0.25, -0.2) is 8.42 Å². The van der Waals surface area contributed by atoms with Crippen LogP contribution in [0.3, 0.4) is 0 Å². The zero-order chi connectivity index (χ0) is 15.3. The summed E-state index contributed by atoms with van der Waals surface area (Å²) < 4.78 is 26.9. The predicted molar refractivity (Wildman–Crippen MR) is 81.9 cm³/mol. The molecule has 5 nitrogen and oxygen atoms in total. The average molecular weight is 299 g/mol. The molecular weight excluding hydrogens is 274 g/mol. The van der Waals surface area contributed by atoms with Gasteiger partial charge in [-0.05, 0) is 38.7 Å². The molecule has 0 saturated carbocycles. The summed E-state index contributed by atoms with van der Waals surface area (Å²) in [6.07, 6.45) is 0. The minimum atomic E-state index is -3.46. The summed E-state index contributed by atoms with van der Waals surface area (Å²) in [7, 11) is 0.420. The van der Waals surface area contributed by atoms with Crippen LogP contribution in [-0.2, 0) is 16.6 Å². The molecule has 1 atom stereocenters. The zero-order valence-corrected chi connectivity index (χ0v) is 13.5. The van der Waals surface area contributed by atoms with Gasteiger partial charge in [0.05, 0.1) is 4.90 Å². The van der Waals surface area contributed by atoms with E-state index < -0.39 is 10.0 Å². The molecule has 1 rings (SSSR count). The molecule has 114 valence electrons. The van der Waals surface area contributed by atoms with Crippen LogP contribution >= 0.6 is 0 Å². The molecule has 20 heavy (non-hydrogen) atoms. The van der Waals surface area contributed by atoms with Gasteiger partial charge in [0.25, 0.3) is 0 Å². The van der Waals surface area contributed by atoms with Gasteiger partial charge >= 0.3 is 0 Å². The Morgan fingerprint density at radius 2 is 1.75 bits per heavy atom. The first kappa shape index (κ1) is 17.1. The summed E-state index contributed by atoms with van der Waals surface area (Å²) in [4.78, 5) is 2.31. The second kappa shape index (κ2) is 7.17. The van der Waals surface area contributed by atoms with Gasteiger partial charge in [0.2, 0.25) is 10.0 Å². The topological polar surface area (TPSA) is 66.6 Å². The lowest BCUT2D eigenvalue weighted by molar-refractivity contribution is 0.271. The summed E-state index contributed by atoms with van der Waals surface area (Å²) in [5, 5.41) is 0. The first-order valence-corrected chi connectivity index (χ1v) is 8.22. The molecule has 6 heteroatoms. The molecule has 0 aliphatic heterocycles. The Balaban J connectivity index is 3.04. The second-order valence-electron chi connectivity index (χ2n) is 5.17. The summed E-state index contributed by atoms with van der Waals surface area (Å²) in [6, 6.07) is 6.70. The Bertz CT molecular complexity index is 512. The Labute approximate surface area is 122 Å². The molecule has 0 saturated heterocycles. The van der Waals surface area contributed by atoms with Gasteiger partial charge in [0, 0.05) is 25.7 Å². The van der Waals surface area contributed by atoms with E-state index in [1.54, 1.807) is 24.3 Å². The summed E-state index contributed by atoms with van der Waals surface area (Å²) in [6.45, 7) is 5.34. The number of hydrogen-bond donors (Lipinski definition) is 1. The third-order valence-electron chi connectivity index (χ3n) is 3.20. The van der Waals surface area contributed by atoms with Crippen LogP contribution in [0.2, 0.25) is 0 Å². The average Bonchev–Trinajstić information content (AvgIpc) is 2.38. The van der Waals surface area contributed by atoms with Crippen molar-refractivity contribution < 1.29 is 8.42 Å². The fraction of sp³-hybridized carbons (Fsp3) is 0.571. The van der Waals surface area contributed by atoms with Crippen LogP contribution in [0.1, 0.15) is 19.4 Å². The lowest BCUT2D eigenvalue weighted by atomic mass is 10.2. The molecule has 0 aromatic heterocycles. The number of rotatable bonds is 7. The van der Waals surface area contributed by atoms with Crippen molar-refractivity contribution in [2.45, 2.75) is 31.3 Å². The highest BCUT2D eigenvalue weighted by Gasteiger charge is 2.27. The third kappa shape index (κ3) is 4.02. The van der Waals surface area contributed by atoms with E-state index in [0.29, 0.717) is 24.5 Å². The van der Waals surface area contributed by atoms with E-state index in [0.717, 1.165) is 5.56 Å². The number of benzene rings is 1.